The summed E-state index contributed by atoms with van der Waals surface area (Å²) in [5, 5.41) is 3.24. The zero-order chi connectivity index (χ0) is 14.5. The van der Waals surface area contributed by atoms with Crippen molar-refractivity contribution in [2.45, 2.75) is 13.0 Å². The highest BCUT2D eigenvalue weighted by Gasteiger charge is 2.10. The molecule has 1 aromatic carbocycles. The van der Waals surface area contributed by atoms with Crippen molar-refractivity contribution in [2.24, 2.45) is 5.84 Å². The van der Waals surface area contributed by atoms with Gasteiger partial charge in [-0.25, -0.2) is 5.84 Å². The first kappa shape index (κ1) is 14.0. The zero-order valence-electron chi connectivity index (χ0n) is 11.8. The second-order valence-corrected chi connectivity index (χ2v) is 4.60. The van der Waals surface area contributed by atoms with Gasteiger partial charge in [-0.1, -0.05) is 30.3 Å². The van der Waals surface area contributed by atoms with Crippen LogP contribution in [0.4, 0.5) is 17.8 Å². The van der Waals surface area contributed by atoms with E-state index in [0.29, 0.717) is 17.8 Å². The van der Waals surface area contributed by atoms with E-state index in [9.17, 15) is 0 Å². The minimum absolute atomic E-state index is 0.0826. The van der Waals surface area contributed by atoms with Crippen LogP contribution < -0.4 is 21.5 Å². The number of hydrazine groups is 1. The Morgan fingerprint density at radius 2 is 1.70 bits per heavy atom. The summed E-state index contributed by atoms with van der Waals surface area (Å²) in [6.07, 6.45) is 0. The van der Waals surface area contributed by atoms with Crippen molar-refractivity contribution in [3.8, 4) is 0 Å². The number of nitrogens with one attached hydrogen (secondary N) is 2. The molecule has 2 rings (SSSR count). The second kappa shape index (κ2) is 6.16. The topological polar surface area (TPSA) is 92.0 Å². The van der Waals surface area contributed by atoms with Gasteiger partial charge in [-0.2, -0.15) is 15.0 Å². The van der Waals surface area contributed by atoms with Crippen LogP contribution in [0.1, 0.15) is 18.5 Å². The molecule has 0 amide bonds. The first-order valence-electron chi connectivity index (χ1n) is 6.31. The number of rotatable bonds is 5. The van der Waals surface area contributed by atoms with Gasteiger partial charge in [0.05, 0.1) is 6.04 Å². The average Bonchev–Trinajstić information content (AvgIpc) is 2.47. The van der Waals surface area contributed by atoms with Crippen molar-refractivity contribution < 1.29 is 0 Å². The fourth-order valence-corrected chi connectivity index (χ4v) is 1.71. The van der Waals surface area contributed by atoms with E-state index in [1.165, 1.54) is 0 Å². The van der Waals surface area contributed by atoms with Crippen molar-refractivity contribution in [3.05, 3.63) is 35.9 Å². The lowest BCUT2D eigenvalue weighted by Gasteiger charge is -2.17. The Bertz CT molecular complexity index is 556. The Balaban J connectivity index is 2.22. The molecule has 1 aromatic heterocycles. The third-order valence-electron chi connectivity index (χ3n) is 2.80. The van der Waals surface area contributed by atoms with E-state index in [1.807, 2.05) is 51.4 Å². The molecule has 0 fully saturated rings. The van der Waals surface area contributed by atoms with Gasteiger partial charge in [0.1, 0.15) is 0 Å². The van der Waals surface area contributed by atoms with Crippen LogP contribution in [0.2, 0.25) is 0 Å². The lowest BCUT2D eigenvalue weighted by molar-refractivity contribution is 0.847. The Hall–Kier alpha value is -2.41. The Labute approximate surface area is 118 Å². The highest BCUT2D eigenvalue weighted by Crippen LogP contribution is 2.18. The predicted octanol–water partition coefficient (Wildman–Crippen LogP) is 1.40. The minimum atomic E-state index is 0.0826. The quantitative estimate of drug-likeness (QED) is 0.560. The Kier molecular flexibility index (Phi) is 4.31. The van der Waals surface area contributed by atoms with Gasteiger partial charge in [0.25, 0.3) is 0 Å². The number of anilines is 3. The number of benzene rings is 1. The van der Waals surface area contributed by atoms with Crippen LogP contribution in [0.3, 0.4) is 0 Å². The Morgan fingerprint density at radius 3 is 2.30 bits per heavy atom. The van der Waals surface area contributed by atoms with Gasteiger partial charge < -0.3 is 10.2 Å². The first-order valence-corrected chi connectivity index (χ1v) is 6.31. The molecule has 4 N–H and O–H groups in total. The lowest BCUT2D eigenvalue weighted by atomic mass is 10.1. The molecule has 1 atom stereocenters. The van der Waals surface area contributed by atoms with Crippen LogP contribution in [-0.2, 0) is 0 Å². The fraction of sp³-hybridized carbons (Fsp3) is 0.308. The summed E-state index contributed by atoms with van der Waals surface area (Å²) in [6, 6.07) is 10.2. The van der Waals surface area contributed by atoms with E-state index >= 15 is 0 Å². The third kappa shape index (κ3) is 3.33. The van der Waals surface area contributed by atoms with Crippen LogP contribution in [0.15, 0.2) is 30.3 Å². The highest BCUT2D eigenvalue weighted by atomic mass is 15.4. The monoisotopic (exact) mass is 273 g/mol. The summed E-state index contributed by atoms with van der Waals surface area (Å²) in [5.41, 5.74) is 3.60. The molecule has 0 radical (unpaired) electrons. The van der Waals surface area contributed by atoms with Crippen molar-refractivity contribution in [2.75, 3.05) is 29.7 Å². The molecule has 1 heterocycles. The van der Waals surface area contributed by atoms with Gasteiger partial charge in [0.15, 0.2) is 0 Å². The van der Waals surface area contributed by atoms with E-state index in [0.717, 1.165) is 5.56 Å². The first-order chi connectivity index (χ1) is 9.60. The van der Waals surface area contributed by atoms with E-state index < -0.39 is 0 Å². The van der Waals surface area contributed by atoms with Crippen molar-refractivity contribution in [3.63, 3.8) is 0 Å². The van der Waals surface area contributed by atoms with Crippen LogP contribution in [-0.4, -0.2) is 29.0 Å². The number of hydrogen-bond donors (Lipinski definition) is 3. The molecular weight excluding hydrogens is 254 g/mol. The van der Waals surface area contributed by atoms with Crippen LogP contribution in [0.5, 0.6) is 0 Å². The molecule has 0 saturated heterocycles. The van der Waals surface area contributed by atoms with E-state index in [-0.39, 0.29) is 6.04 Å². The standard InChI is InChI=1S/C13H19N7/c1-9(10-7-5-4-6-8-10)15-11-16-12(19-14)18-13(17-11)20(2)3/h4-9H,14H2,1-3H3,(H2,15,16,17,18,19). The number of aromatic nitrogens is 3. The zero-order valence-corrected chi connectivity index (χ0v) is 11.8. The van der Waals surface area contributed by atoms with Crippen molar-refractivity contribution in [1.82, 2.24) is 15.0 Å². The van der Waals surface area contributed by atoms with Crippen LogP contribution in [0.25, 0.3) is 0 Å². The highest BCUT2D eigenvalue weighted by molar-refractivity contribution is 5.43. The predicted molar refractivity (Wildman–Crippen MR) is 80.4 cm³/mol. The van der Waals surface area contributed by atoms with E-state index in [1.54, 1.807) is 4.90 Å². The molecule has 20 heavy (non-hydrogen) atoms. The average molecular weight is 273 g/mol. The molecule has 0 aliphatic rings. The van der Waals surface area contributed by atoms with Gasteiger partial charge in [0.2, 0.25) is 17.8 Å². The third-order valence-corrected chi connectivity index (χ3v) is 2.80. The summed E-state index contributed by atoms with van der Waals surface area (Å²) in [6.45, 7) is 2.05. The van der Waals surface area contributed by atoms with E-state index in [4.69, 9.17) is 5.84 Å². The van der Waals surface area contributed by atoms with Gasteiger partial charge in [-0.3, -0.25) is 5.43 Å². The molecule has 106 valence electrons. The molecule has 0 aliphatic heterocycles. The normalized spacial score (nSPS) is 11.8. The van der Waals surface area contributed by atoms with Gasteiger partial charge in [0, 0.05) is 14.1 Å². The van der Waals surface area contributed by atoms with Crippen molar-refractivity contribution >= 4 is 17.8 Å². The smallest absolute Gasteiger partial charge is 0.243 e. The molecule has 2 aromatic rings. The van der Waals surface area contributed by atoms with E-state index in [2.05, 4.69) is 25.7 Å². The van der Waals surface area contributed by atoms with Gasteiger partial charge in [-0.15, -0.1) is 0 Å². The Morgan fingerprint density at radius 1 is 1.05 bits per heavy atom. The molecule has 0 aliphatic carbocycles. The van der Waals surface area contributed by atoms with Crippen LogP contribution >= 0.6 is 0 Å². The van der Waals surface area contributed by atoms with Crippen molar-refractivity contribution in [1.29, 1.82) is 0 Å². The fourth-order valence-electron chi connectivity index (χ4n) is 1.71. The maximum atomic E-state index is 5.38. The molecular formula is C13H19N7. The molecule has 0 bridgehead atoms. The largest absolute Gasteiger partial charge is 0.348 e. The number of nitrogens with zero attached hydrogens (tertiary/aromatic N) is 4. The summed E-state index contributed by atoms with van der Waals surface area (Å²) in [4.78, 5) is 14.5. The van der Waals surface area contributed by atoms with Gasteiger partial charge in [-0.05, 0) is 12.5 Å². The maximum Gasteiger partial charge on any atom is 0.243 e. The summed E-state index contributed by atoms with van der Waals surface area (Å²) < 4.78 is 0. The summed E-state index contributed by atoms with van der Waals surface area (Å²) >= 11 is 0. The summed E-state index contributed by atoms with van der Waals surface area (Å²) in [5.74, 6) is 6.72. The molecule has 1 unspecified atom stereocenters. The second-order valence-electron chi connectivity index (χ2n) is 4.60. The minimum Gasteiger partial charge on any atom is -0.348 e. The summed E-state index contributed by atoms with van der Waals surface area (Å²) in [7, 11) is 3.72. The number of nitrogens with two attached hydrogens (primary N) is 1. The van der Waals surface area contributed by atoms with Gasteiger partial charge >= 0.3 is 0 Å². The SMILES string of the molecule is CC(Nc1nc(NN)nc(N(C)C)n1)c1ccccc1. The molecule has 0 spiro atoms. The lowest BCUT2D eigenvalue weighted by Crippen LogP contribution is -2.19. The number of nitrogen functional groups attached to an aromatic ring is 1. The molecule has 7 nitrogen and oxygen atoms in total. The number of hydrogen-bond acceptors (Lipinski definition) is 7. The molecule has 7 heteroatoms. The van der Waals surface area contributed by atoms with Crippen LogP contribution in [0, 0.1) is 0 Å². The molecule has 0 saturated carbocycles. The maximum absolute atomic E-state index is 5.38.